The minimum absolute atomic E-state index is 0.0590. The third kappa shape index (κ3) is 7.88. The topological polar surface area (TPSA) is 105 Å². The Kier molecular flexibility index (Phi) is 11.2. The summed E-state index contributed by atoms with van der Waals surface area (Å²) >= 11 is 0. The summed E-state index contributed by atoms with van der Waals surface area (Å²) in [5.74, 6) is -0.831. The predicted octanol–water partition coefficient (Wildman–Crippen LogP) is 4.95. The highest BCUT2D eigenvalue weighted by atomic mass is 32.2. The fourth-order valence-corrected chi connectivity index (χ4v) is 6.93. The van der Waals surface area contributed by atoms with E-state index in [1.165, 1.54) is 49.5 Å². The molecular formula is C33H40FN3O6S. The highest BCUT2D eigenvalue weighted by Gasteiger charge is 2.34. The van der Waals surface area contributed by atoms with Crippen molar-refractivity contribution in [3.63, 3.8) is 0 Å². The second-order valence-corrected chi connectivity index (χ2v) is 12.6. The van der Waals surface area contributed by atoms with Gasteiger partial charge in [-0.3, -0.25) is 13.9 Å². The van der Waals surface area contributed by atoms with Gasteiger partial charge in [-0.05, 0) is 67.6 Å². The number of methoxy groups -OCH3 is 2. The van der Waals surface area contributed by atoms with Crippen LogP contribution in [0.1, 0.15) is 44.6 Å². The van der Waals surface area contributed by atoms with Crippen molar-refractivity contribution in [2.75, 3.05) is 31.6 Å². The minimum atomic E-state index is -4.36. The highest BCUT2D eigenvalue weighted by Crippen LogP contribution is 2.32. The van der Waals surface area contributed by atoms with Gasteiger partial charge in [-0.15, -0.1) is 0 Å². The summed E-state index contributed by atoms with van der Waals surface area (Å²) < 4.78 is 53.6. The normalized spacial score (nSPS) is 14.1. The van der Waals surface area contributed by atoms with Crippen LogP contribution in [0.4, 0.5) is 10.1 Å². The molecule has 0 aliphatic heterocycles. The maximum Gasteiger partial charge on any atom is 0.264 e. The van der Waals surface area contributed by atoms with E-state index in [4.69, 9.17) is 9.47 Å². The maximum atomic E-state index is 14.2. The van der Waals surface area contributed by atoms with Crippen LogP contribution in [0.2, 0.25) is 0 Å². The number of carbonyl (C=O) groups excluding carboxylic acids is 2. The zero-order valence-corrected chi connectivity index (χ0v) is 26.2. The first-order valence-electron chi connectivity index (χ1n) is 14.8. The molecule has 0 radical (unpaired) electrons. The van der Waals surface area contributed by atoms with Gasteiger partial charge in [-0.1, -0.05) is 50.1 Å². The van der Waals surface area contributed by atoms with Gasteiger partial charge in [-0.25, -0.2) is 12.8 Å². The number of anilines is 1. The van der Waals surface area contributed by atoms with E-state index in [9.17, 15) is 22.4 Å². The highest BCUT2D eigenvalue weighted by molar-refractivity contribution is 7.92. The first-order valence-corrected chi connectivity index (χ1v) is 16.3. The van der Waals surface area contributed by atoms with Gasteiger partial charge >= 0.3 is 0 Å². The first kappa shape index (κ1) is 32.8. The molecule has 0 bridgehead atoms. The molecule has 3 aromatic carbocycles. The first-order chi connectivity index (χ1) is 21.2. The zero-order valence-electron chi connectivity index (χ0n) is 25.4. The zero-order chi connectivity index (χ0) is 31.7. The lowest BCUT2D eigenvalue weighted by molar-refractivity contribution is -0.139. The molecule has 0 unspecified atom stereocenters. The molecule has 1 aliphatic carbocycles. The molecule has 0 saturated heterocycles. The van der Waals surface area contributed by atoms with E-state index < -0.39 is 34.3 Å². The van der Waals surface area contributed by atoms with Gasteiger partial charge < -0.3 is 19.7 Å². The Morgan fingerprint density at radius 2 is 1.61 bits per heavy atom. The van der Waals surface area contributed by atoms with E-state index in [-0.39, 0.29) is 34.8 Å². The molecule has 1 aliphatic rings. The van der Waals surface area contributed by atoms with E-state index in [1.54, 1.807) is 0 Å². The number of nitrogens with one attached hydrogen (secondary N) is 1. The molecule has 236 valence electrons. The SMILES string of the molecule is CC[C@H](C(=O)NC1CCCC1)N(CCc1ccccc1)C(=O)CN(c1ccc(F)cc1)S(=O)(=O)c1ccc(OC)c(OC)c1. The fraction of sp³-hybridized carbons (Fsp3) is 0.394. The van der Waals surface area contributed by atoms with Crippen LogP contribution in [0.25, 0.3) is 0 Å². The molecule has 4 rings (SSSR count). The Balaban J connectivity index is 1.70. The summed E-state index contributed by atoms with van der Waals surface area (Å²) in [6.45, 7) is 1.43. The second kappa shape index (κ2) is 15.1. The number of carbonyl (C=O) groups is 2. The van der Waals surface area contributed by atoms with Crippen LogP contribution >= 0.6 is 0 Å². The van der Waals surface area contributed by atoms with Crippen molar-refractivity contribution in [2.45, 2.75) is 62.4 Å². The Morgan fingerprint density at radius 3 is 2.23 bits per heavy atom. The summed E-state index contributed by atoms with van der Waals surface area (Å²) in [5, 5.41) is 3.10. The molecule has 3 aromatic rings. The number of benzene rings is 3. The maximum absolute atomic E-state index is 14.2. The van der Waals surface area contributed by atoms with Crippen LogP contribution in [-0.2, 0) is 26.0 Å². The Morgan fingerprint density at radius 1 is 0.955 bits per heavy atom. The van der Waals surface area contributed by atoms with Crippen LogP contribution in [0.3, 0.4) is 0 Å². The number of nitrogens with zero attached hydrogens (tertiary/aromatic N) is 2. The van der Waals surface area contributed by atoms with Gasteiger partial charge in [0.05, 0.1) is 24.8 Å². The number of ether oxygens (including phenoxy) is 2. The molecule has 44 heavy (non-hydrogen) atoms. The van der Waals surface area contributed by atoms with E-state index in [2.05, 4.69) is 5.32 Å². The van der Waals surface area contributed by atoms with Crippen molar-refractivity contribution in [3.8, 4) is 11.5 Å². The Hall–Kier alpha value is -4.12. The second-order valence-electron chi connectivity index (χ2n) is 10.7. The van der Waals surface area contributed by atoms with Crippen molar-refractivity contribution in [1.82, 2.24) is 10.2 Å². The third-order valence-electron chi connectivity index (χ3n) is 7.91. The van der Waals surface area contributed by atoms with Crippen molar-refractivity contribution < 1.29 is 31.9 Å². The lowest BCUT2D eigenvalue weighted by atomic mass is 10.1. The average molecular weight is 626 g/mol. The summed E-state index contributed by atoms with van der Waals surface area (Å²) in [6.07, 6.45) is 4.68. The largest absolute Gasteiger partial charge is 0.493 e. The predicted molar refractivity (Wildman–Crippen MR) is 167 cm³/mol. The van der Waals surface area contributed by atoms with E-state index in [0.29, 0.717) is 18.6 Å². The standard InChI is InChI=1S/C33H40FN3O6S/c1-4-29(33(39)35-26-12-8-9-13-26)36(21-20-24-10-6-5-7-11-24)32(38)23-37(27-16-14-25(34)15-17-27)44(40,41)28-18-19-30(42-2)31(22-28)43-3/h5-7,10-11,14-19,22,26,29H,4,8-9,12-13,20-21,23H2,1-3H3,(H,35,39)/t29-/m1/s1. The molecule has 1 atom stereocenters. The van der Waals surface area contributed by atoms with Crippen LogP contribution in [0.5, 0.6) is 11.5 Å². The van der Waals surface area contributed by atoms with Gasteiger partial charge in [0.2, 0.25) is 11.8 Å². The lowest BCUT2D eigenvalue weighted by Gasteiger charge is -2.33. The van der Waals surface area contributed by atoms with E-state index in [1.807, 2.05) is 37.3 Å². The molecule has 0 spiro atoms. The molecule has 0 heterocycles. The van der Waals surface area contributed by atoms with Crippen LogP contribution in [-0.4, -0.2) is 64.5 Å². The molecule has 1 fully saturated rings. The van der Waals surface area contributed by atoms with Gasteiger partial charge in [-0.2, -0.15) is 0 Å². The molecule has 9 nitrogen and oxygen atoms in total. The summed E-state index contributed by atoms with van der Waals surface area (Å²) in [7, 11) is -1.54. The van der Waals surface area contributed by atoms with Crippen molar-refractivity contribution in [3.05, 3.63) is 84.2 Å². The molecule has 2 amide bonds. The number of rotatable bonds is 14. The van der Waals surface area contributed by atoms with Crippen LogP contribution < -0.4 is 19.1 Å². The van der Waals surface area contributed by atoms with Crippen LogP contribution in [0.15, 0.2) is 77.7 Å². The van der Waals surface area contributed by atoms with Crippen molar-refractivity contribution >= 4 is 27.5 Å². The van der Waals surface area contributed by atoms with Gasteiger partial charge in [0.1, 0.15) is 18.4 Å². The number of hydrogen-bond acceptors (Lipinski definition) is 6. The van der Waals surface area contributed by atoms with Crippen molar-refractivity contribution in [1.29, 1.82) is 0 Å². The lowest BCUT2D eigenvalue weighted by Crippen LogP contribution is -2.54. The summed E-state index contributed by atoms with van der Waals surface area (Å²) in [4.78, 5) is 29.0. The number of halogens is 1. The monoisotopic (exact) mass is 625 g/mol. The minimum Gasteiger partial charge on any atom is -0.493 e. The fourth-order valence-electron chi connectivity index (χ4n) is 5.50. The van der Waals surface area contributed by atoms with Crippen molar-refractivity contribution in [2.24, 2.45) is 0 Å². The van der Waals surface area contributed by atoms with E-state index in [0.717, 1.165) is 47.7 Å². The van der Waals surface area contributed by atoms with Crippen LogP contribution in [0, 0.1) is 5.82 Å². The third-order valence-corrected chi connectivity index (χ3v) is 9.68. The molecule has 1 N–H and O–H groups in total. The molecule has 1 saturated carbocycles. The number of sulfonamides is 1. The van der Waals surface area contributed by atoms with Gasteiger partial charge in [0.15, 0.2) is 11.5 Å². The summed E-state index contributed by atoms with van der Waals surface area (Å²) in [5.41, 5.74) is 1.07. The average Bonchev–Trinajstić information content (AvgIpc) is 3.55. The molecule has 11 heteroatoms. The Labute approximate surface area is 259 Å². The molecule has 0 aromatic heterocycles. The number of amides is 2. The Bertz CT molecular complexity index is 1510. The molecular weight excluding hydrogens is 585 g/mol. The van der Waals surface area contributed by atoms with E-state index >= 15 is 0 Å². The quantitative estimate of drug-likeness (QED) is 0.272. The smallest absolute Gasteiger partial charge is 0.264 e. The van der Waals surface area contributed by atoms with Gasteiger partial charge in [0, 0.05) is 18.7 Å². The summed E-state index contributed by atoms with van der Waals surface area (Å²) in [6, 6.07) is 17.8. The van der Waals surface area contributed by atoms with Gasteiger partial charge in [0.25, 0.3) is 10.0 Å². The number of hydrogen-bond donors (Lipinski definition) is 1.